The Kier molecular flexibility index (Phi) is 7.84. The van der Waals surface area contributed by atoms with Crippen molar-refractivity contribution in [3.8, 4) is 0 Å². The molecule has 1 atom stereocenters. The predicted octanol–water partition coefficient (Wildman–Crippen LogP) is 2.54. The smallest absolute Gasteiger partial charge is 0.244 e. The summed E-state index contributed by atoms with van der Waals surface area (Å²) in [4.78, 5) is 27.2. The van der Waals surface area contributed by atoms with E-state index in [9.17, 15) is 18.0 Å². The Balaban J connectivity index is 2.45. The first-order valence-electron chi connectivity index (χ1n) is 10.1. The highest BCUT2D eigenvalue weighted by atomic mass is 32.2. The van der Waals surface area contributed by atoms with Crippen LogP contribution < -0.4 is 9.62 Å². The molecule has 2 amide bonds. The summed E-state index contributed by atoms with van der Waals surface area (Å²) in [5.41, 5.74) is 3.97. The highest BCUT2D eigenvalue weighted by Crippen LogP contribution is 2.24. The van der Waals surface area contributed by atoms with Crippen LogP contribution in [0.3, 0.4) is 0 Å². The number of likely N-dealkylation sites (N-methyl/N-ethyl adjacent to an activating group) is 1. The molecular formula is C23H31N3O4S. The number of benzene rings is 2. The fourth-order valence-electron chi connectivity index (χ4n) is 3.35. The van der Waals surface area contributed by atoms with Gasteiger partial charge in [-0.15, -0.1) is 0 Å². The van der Waals surface area contributed by atoms with Gasteiger partial charge in [0.15, 0.2) is 0 Å². The standard InChI is InChI=1S/C23H31N3O4S/c1-16-11-12-18(3)21(13-16)26(31(6,29)30)15-22(27)25(19(4)23(28)24-5)14-20-10-8-7-9-17(20)2/h7-13,19H,14-15H2,1-6H3,(H,24,28). The van der Waals surface area contributed by atoms with E-state index >= 15 is 0 Å². The summed E-state index contributed by atoms with van der Waals surface area (Å²) in [5, 5.41) is 2.57. The van der Waals surface area contributed by atoms with Crippen molar-refractivity contribution in [1.29, 1.82) is 0 Å². The van der Waals surface area contributed by atoms with Crippen LogP contribution >= 0.6 is 0 Å². The van der Waals surface area contributed by atoms with Gasteiger partial charge in [-0.25, -0.2) is 8.42 Å². The molecule has 0 radical (unpaired) electrons. The Morgan fingerprint density at radius 1 is 1.03 bits per heavy atom. The lowest BCUT2D eigenvalue weighted by Gasteiger charge is -2.32. The van der Waals surface area contributed by atoms with Crippen molar-refractivity contribution >= 4 is 27.5 Å². The molecule has 0 aliphatic heterocycles. The van der Waals surface area contributed by atoms with E-state index in [4.69, 9.17) is 0 Å². The van der Waals surface area contributed by atoms with Crippen LogP contribution in [-0.2, 0) is 26.2 Å². The third kappa shape index (κ3) is 6.07. The van der Waals surface area contributed by atoms with E-state index in [2.05, 4.69) is 5.32 Å². The summed E-state index contributed by atoms with van der Waals surface area (Å²) < 4.78 is 26.3. The third-order valence-electron chi connectivity index (χ3n) is 5.33. The van der Waals surface area contributed by atoms with E-state index < -0.39 is 28.5 Å². The van der Waals surface area contributed by atoms with Crippen LogP contribution in [0.25, 0.3) is 0 Å². The zero-order valence-corrected chi connectivity index (χ0v) is 19.8. The molecule has 0 saturated heterocycles. The maximum Gasteiger partial charge on any atom is 0.244 e. The molecule has 1 unspecified atom stereocenters. The molecule has 8 heteroatoms. The quantitative estimate of drug-likeness (QED) is 0.677. The largest absolute Gasteiger partial charge is 0.357 e. The molecule has 2 rings (SSSR count). The topological polar surface area (TPSA) is 86.8 Å². The minimum Gasteiger partial charge on any atom is -0.357 e. The molecule has 2 aromatic rings. The first-order valence-corrected chi connectivity index (χ1v) is 11.9. The van der Waals surface area contributed by atoms with Crippen molar-refractivity contribution < 1.29 is 18.0 Å². The maximum absolute atomic E-state index is 13.4. The van der Waals surface area contributed by atoms with Gasteiger partial charge in [0, 0.05) is 13.6 Å². The number of amides is 2. The van der Waals surface area contributed by atoms with Crippen molar-refractivity contribution in [2.24, 2.45) is 0 Å². The Morgan fingerprint density at radius 3 is 2.26 bits per heavy atom. The van der Waals surface area contributed by atoms with Gasteiger partial charge < -0.3 is 10.2 Å². The predicted molar refractivity (Wildman–Crippen MR) is 123 cm³/mol. The third-order valence-corrected chi connectivity index (χ3v) is 6.45. The van der Waals surface area contributed by atoms with E-state index in [1.54, 1.807) is 19.9 Å². The van der Waals surface area contributed by atoms with E-state index in [1.165, 1.54) is 11.9 Å². The Hall–Kier alpha value is -2.87. The Bertz CT molecular complexity index is 1070. The van der Waals surface area contributed by atoms with Gasteiger partial charge in [0.1, 0.15) is 12.6 Å². The molecular weight excluding hydrogens is 414 g/mol. The van der Waals surface area contributed by atoms with Crippen LogP contribution in [0.5, 0.6) is 0 Å². The van der Waals surface area contributed by atoms with Gasteiger partial charge in [-0.3, -0.25) is 13.9 Å². The number of nitrogens with one attached hydrogen (secondary N) is 1. The van der Waals surface area contributed by atoms with E-state index in [0.717, 1.165) is 32.8 Å². The monoisotopic (exact) mass is 445 g/mol. The molecule has 0 heterocycles. The molecule has 1 N–H and O–H groups in total. The summed E-state index contributed by atoms with van der Waals surface area (Å²) >= 11 is 0. The lowest BCUT2D eigenvalue weighted by atomic mass is 10.1. The highest BCUT2D eigenvalue weighted by Gasteiger charge is 2.30. The summed E-state index contributed by atoms with van der Waals surface area (Å²) in [7, 11) is -2.22. The molecule has 0 spiro atoms. The van der Waals surface area contributed by atoms with Crippen LogP contribution in [0.1, 0.15) is 29.2 Å². The molecule has 31 heavy (non-hydrogen) atoms. The highest BCUT2D eigenvalue weighted by molar-refractivity contribution is 7.92. The van der Waals surface area contributed by atoms with Gasteiger partial charge in [-0.05, 0) is 56.0 Å². The number of hydrogen-bond acceptors (Lipinski definition) is 4. The van der Waals surface area contributed by atoms with E-state index in [-0.39, 0.29) is 12.5 Å². The van der Waals surface area contributed by atoms with Gasteiger partial charge in [0.25, 0.3) is 0 Å². The second kappa shape index (κ2) is 9.96. The van der Waals surface area contributed by atoms with E-state index in [1.807, 2.05) is 50.2 Å². The molecule has 0 saturated carbocycles. The second-order valence-electron chi connectivity index (χ2n) is 7.80. The molecule has 0 aliphatic carbocycles. The first-order chi connectivity index (χ1) is 14.5. The van der Waals surface area contributed by atoms with Crippen LogP contribution in [0, 0.1) is 20.8 Å². The number of nitrogens with zero attached hydrogens (tertiary/aromatic N) is 2. The van der Waals surface area contributed by atoms with Crippen LogP contribution in [-0.4, -0.2) is 51.0 Å². The minimum absolute atomic E-state index is 0.199. The molecule has 7 nitrogen and oxygen atoms in total. The van der Waals surface area contributed by atoms with Gasteiger partial charge in [0.05, 0.1) is 11.9 Å². The number of hydrogen-bond donors (Lipinski definition) is 1. The average Bonchev–Trinajstić information content (AvgIpc) is 2.71. The lowest BCUT2D eigenvalue weighted by Crippen LogP contribution is -2.50. The molecule has 168 valence electrons. The Labute approximate surface area is 185 Å². The van der Waals surface area contributed by atoms with Crippen LogP contribution in [0.2, 0.25) is 0 Å². The lowest BCUT2D eigenvalue weighted by molar-refractivity contribution is -0.139. The van der Waals surface area contributed by atoms with Gasteiger partial charge in [-0.2, -0.15) is 0 Å². The number of anilines is 1. The maximum atomic E-state index is 13.4. The molecule has 0 aliphatic rings. The van der Waals surface area contributed by atoms with Crippen molar-refractivity contribution in [1.82, 2.24) is 10.2 Å². The van der Waals surface area contributed by atoms with E-state index in [0.29, 0.717) is 5.69 Å². The number of aryl methyl sites for hydroxylation is 3. The van der Waals surface area contributed by atoms with Crippen LogP contribution in [0.4, 0.5) is 5.69 Å². The van der Waals surface area contributed by atoms with Gasteiger partial charge in [0.2, 0.25) is 21.8 Å². The van der Waals surface area contributed by atoms with Gasteiger partial charge >= 0.3 is 0 Å². The number of carbonyl (C=O) groups excluding carboxylic acids is 2. The average molecular weight is 446 g/mol. The van der Waals surface area contributed by atoms with Crippen LogP contribution in [0.15, 0.2) is 42.5 Å². The first kappa shape index (κ1) is 24.4. The molecule has 0 aromatic heterocycles. The molecule has 2 aromatic carbocycles. The summed E-state index contributed by atoms with van der Waals surface area (Å²) in [5.74, 6) is -0.773. The normalized spacial score (nSPS) is 12.2. The zero-order chi connectivity index (χ0) is 23.3. The molecule has 0 fully saturated rings. The number of rotatable bonds is 8. The Morgan fingerprint density at radius 2 is 1.68 bits per heavy atom. The number of sulfonamides is 1. The summed E-state index contributed by atoms with van der Waals surface area (Å²) in [6, 6.07) is 12.3. The summed E-state index contributed by atoms with van der Waals surface area (Å²) in [6.45, 7) is 7.04. The number of carbonyl (C=O) groups is 2. The van der Waals surface area contributed by atoms with Crippen molar-refractivity contribution in [2.75, 3.05) is 24.2 Å². The van der Waals surface area contributed by atoms with Crippen molar-refractivity contribution in [3.63, 3.8) is 0 Å². The minimum atomic E-state index is -3.73. The van der Waals surface area contributed by atoms with Gasteiger partial charge in [-0.1, -0.05) is 36.4 Å². The van der Waals surface area contributed by atoms with Crippen molar-refractivity contribution in [3.05, 3.63) is 64.7 Å². The second-order valence-corrected chi connectivity index (χ2v) is 9.70. The molecule has 0 bridgehead atoms. The summed E-state index contributed by atoms with van der Waals surface area (Å²) in [6.07, 6.45) is 1.08. The fraction of sp³-hybridized carbons (Fsp3) is 0.391. The van der Waals surface area contributed by atoms with Crippen molar-refractivity contribution in [2.45, 2.75) is 40.3 Å². The zero-order valence-electron chi connectivity index (χ0n) is 19.0. The SMILES string of the molecule is CNC(=O)C(C)N(Cc1ccccc1C)C(=O)CN(c1cc(C)ccc1C)S(C)(=O)=O. The fourth-order valence-corrected chi connectivity index (χ4v) is 4.24.